The molecular weight excluding hydrogens is 541 g/mol. The number of likely N-dealkylation sites (tertiary alicyclic amines) is 1. The van der Waals surface area contributed by atoms with E-state index in [9.17, 15) is 18.0 Å². The molecule has 0 atom stereocenters. The number of alkyl halides is 3. The van der Waals surface area contributed by atoms with Crippen LogP contribution < -0.4 is 15.0 Å². The molecule has 0 unspecified atom stereocenters. The van der Waals surface area contributed by atoms with Crippen LogP contribution in [0.5, 0.6) is 5.88 Å². The quantitative estimate of drug-likeness (QED) is 0.366. The Labute approximate surface area is 236 Å². The Morgan fingerprint density at radius 3 is 2.58 bits per heavy atom. The molecule has 10 heteroatoms. The minimum absolute atomic E-state index is 0.168. The summed E-state index contributed by atoms with van der Waals surface area (Å²) in [6.45, 7) is 3.27. The number of aromatic nitrogens is 1. The average molecular weight is 571 g/mol. The van der Waals surface area contributed by atoms with E-state index in [1.54, 1.807) is 19.4 Å². The maximum Gasteiger partial charge on any atom is 0.416 e. The number of carbonyl (C=O) groups is 1. The van der Waals surface area contributed by atoms with Crippen molar-refractivity contribution >= 4 is 29.4 Å². The van der Waals surface area contributed by atoms with E-state index >= 15 is 0 Å². The zero-order chi connectivity index (χ0) is 28.3. The van der Waals surface area contributed by atoms with Crippen molar-refractivity contribution in [2.45, 2.75) is 31.0 Å². The number of anilines is 1. The molecule has 40 heavy (non-hydrogen) atoms. The van der Waals surface area contributed by atoms with Gasteiger partial charge in [-0.1, -0.05) is 35.9 Å². The van der Waals surface area contributed by atoms with Crippen molar-refractivity contribution in [3.05, 3.63) is 94.1 Å². The molecule has 0 radical (unpaired) electrons. The number of amides is 2. The lowest BCUT2D eigenvalue weighted by molar-refractivity contribution is -0.137. The van der Waals surface area contributed by atoms with Crippen LogP contribution in [-0.4, -0.2) is 49.2 Å². The third-order valence-corrected chi connectivity index (χ3v) is 7.94. The molecule has 2 aliphatic rings. The topological polar surface area (TPSA) is 57.7 Å². The molecule has 1 spiro atoms. The number of halogens is 4. The van der Waals surface area contributed by atoms with Crippen molar-refractivity contribution in [3.63, 3.8) is 0 Å². The number of carbonyl (C=O) groups excluding carboxylic acids is 1. The molecule has 3 aromatic rings. The number of nitrogens with zero attached hydrogens (tertiary/aromatic N) is 3. The van der Waals surface area contributed by atoms with Crippen LogP contribution in [0.3, 0.4) is 0 Å². The smallest absolute Gasteiger partial charge is 0.416 e. The van der Waals surface area contributed by atoms with Crippen molar-refractivity contribution in [3.8, 4) is 5.88 Å². The first-order valence-corrected chi connectivity index (χ1v) is 13.5. The van der Waals surface area contributed by atoms with Gasteiger partial charge in [-0.3, -0.25) is 9.80 Å². The van der Waals surface area contributed by atoms with Crippen LogP contribution in [0.15, 0.2) is 66.9 Å². The molecule has 0 saturated carbocycles. The number of methoxy groups -OCH3 is 1. The predicted molar refractivity (Wildman–Crippen MR) is 150 cm³/mol. The third-order valence-electron chi connectivity index (χ3n) is 7.70. The first-order chi connectivity index (χ1) is 19.2. The Hall–Kier alpha value is -3.56. The van der Waals surface area contributed by atoms with E-state index in [1.807, 2.05) is 41.3 Å². The van der Waals surface area contributed by atoms with Crippen molar-refractivity contribution in [2.24, 2.45) is 0 Å². The molecule has 0 bridgehead atoms. The van der Waals surface area contributed by atoms with Gasteiger partial charge in [0.05, 0.1) is 12.7 Å². The van der Waals surface area contributed by atoms with Gasteiger partial charge in [-0.2, -0.15) is 13.2 Å². The summed E-state index contributed by atoms with van der Waals surface area (Å²) in [5.74, 6) is 0.493. The van der Waals surface area contributed by atoms with Crippen LogP contribution in [-0.2, 0) is 18.1 Å². The first-order valence-electron chi connectivity index (χ1n) is 13.1. The minimum atomic E-state index is -4.33. The average Bonchev–Trinajstić information content (AvgIpc) is 3.25. The van der Waals surface area contributed by atoms with Crippen molar-refractivity contribution in [1.82, 2.24) is 15.2 Å². The molecule has 210 valence electrons. The van der Waals surface area contributed by atoms with Crippen molar-refractivity contribution < 1.29 is 22.7 Å². The molecule has 6 nitrogen and oxygen atoms in total. The van der Waals surface area contributed by atoms with Gasteiger partial charge in [-0.05, 0) is 79.0 Å². The minimum Gasteiger partial charge on any atom is -0.481 e. The summed E-state index contributed by atoms with van der Waals surface area (Å²) in [5, 5.41) is 3.67. The molecule has 5 rings (SSSR count). The highest BCUT2D eigenvalue weighted by atomic mass is 35.5. The van der Waals surface area contributed by atoms with Crippen LogP contribution in [0, 0.1) is 0 Å². The predicted octanol–water partition coefficient (Wildman–Crippen LogP) is 6.54. The van der Waals surface area contributed by atoms with Gasteiger partial charge < -0.3 is 10.1 Å². The number of piperidine rings is 1. The fraction of sp³-hybridized carbons (Fsp3) is 0.333. The van der Waals surface area contributed by atoms with E-state index in [0.29, 0.717) is 30.5 Å². The summed E-state index contributed by atoms with van der Waals surface area (Å²) < 4.78 is 43.6. The molecular formula is C30H30ClF3N4O2. The van der Waals surface area contributed by atoms with E-state index in [0.717, 1.165) is 60.4 Å². The van der Waals surface area contributed by atoms with Gasteiger partial charge in [0.1, 0.15) is 0 Å². The largest absolute Gasteiger partial charge is 0.481 e. The summed E-state index contributed by atoms with van der Waals surface area (Å²) in [5.41, 5.74) is 2.76. The molecule has 2 aliphatic heterocycles. The maximum absolute atomic E-state index is 13.3. The monoisotopic (exact) mass is 570 g/mol. The van der Waals surface area contributed by atoms with Crippen molar-refractivity contribution in [1.29, 1.82) is 0 Å². The highest BCUT2D eigenvalue weighted by Gasteiger charge is 2.46. The van der Waals surface area contributed by atoms with Crippen molar-refractivity contribution in [2.75, 3.05) is 38.2 Å². The molecule has 1 saturated heterocycles. The van der Waals surface area contributed by atoms with E-state index in [4.69, 9.17) is 16.3 Å². The number of hydrogen-bond donors (Lipinski definition) is 1. The summed E-state index contributed by atoms with van der Waals surface area (Å²) >= 11 is 6.39. The summed E-state index contributed by atoms with van der Waals surface area (Å²) in [7, 11) is 1.55. The Bertz CT molecular complexity index is 1390. The molecule has 3 heterocycles. The lowest BCUT2D eigenvalue weighted by atomic mass is 9.74. The third kappa shape index (κ3) is 6.10. The van der Waals surface area contributed by atoms with Gasteiger partial charge in [0.15, 0.2) is 0 Å². The van der Waals surface area contributed by atoms with E-state index in [1.165, 1.54) is 12.1 Å². The van der Waals surface area contributed by atoms with Gasteiger partial charge in [-0.15, -0.1) is 0 Å². The summed E-state index contributed by atoms with van der Waals surface area (Å²) in [4.78, 5) is 21.5. The van der Waals surface area contributed by atoms with Crippen LogP contribution in [0.25, 0.3) is 6.08 Å². The highest BCUT2D eigenvalue weighted by Crippen LogP contribution is 2.48. The molecule has 1 fully saturated rings. The number of benzene rings is 2. The number of rotatable bonds is 6. The second kappa shape index (κ2) is 11.5. The number of ether oxygens (including phenoxy) is 1. The van der Waals surface area contributed by atoms with Crippen LogP contribution in [0.2, 0.25) is 5.02 Å². The zero-order valence-corrected chi connectivity index (χ0v) is 22.8. The highest BCUT2D eigenvalue weighted by molar-refractivity contribution is 6.30. The standard InChI is InChI=1S/C30H30ClF3N4O2/c1-40-27-17-22(10-13-35-27)19-36-28(39)38-20-29(25-18-24(31)8-9-26(25)38)11-15-37(16-12-29)14-2-3-21-4-6-23(7-5-21)30(32,33)34/h2-10,13,17-18H,11-12,14-16,19-20H2,1H3,(H,36,39)/b3-2+. The summed E-state index contributed by atoms with van der Waals surface area (Å²) in [6.07, 6.45) is 2.86. The lowest BCUT2D eigenvalue weighted by Crippen LogP contribution is -2.47. The molecule has 2 aromatic carbocycles. The van der Waals surface area contributed by atoms with E-state index in [-0.39, 0.29) is 11.4 Å². The number of pyridine rings is 1. The normalized spacial score (nSPS) is 16.9. The SMILES string of the molecule is COc1cc(CNC(=O)N2CC3(CCN(C/C=C/c4ccc(C(F)(F)F)cc4)CC3)c3cc(Cl)ccc32)ccn1. The summed E-state index contributed by atoms with van der Waals surface area (Å²) in [6, 6.07) is 14.3. The number of nitrogens with one attached hydrogen (secondary N) is 1. The maximum atomic E-state index is 13.3. The molecule has 1 aromatic heterocycles. The van der Waals surface area contributed by atoms with Gasteiger partial charge in [0.2, 0.25) is 5.88 Å². The van der Waals surface area contributed by atoms with Gasteiger partial charge in [0, 0.05) is 48.0 Å². The molecule has 0 aliphatic carbocycles. The fourth-order valence-corrected chi connectivity index (χ4v) is 5.65. The number of hydrogen-bond acceptors (Lipinski definition) is 4. The Balaban J connectivity index is 1.21. The van der Waals surface area contributed by atoms with E-state index < -0.39 is 11.7 Å². The first kappa shape index (κ1) is 28.0. The number of urea groups is 1. The molecule has 2 amide bonds. The van der Waals surface area contributed by atoms with Gasteiger partial charge in [-0.25, -0.2) is 9.78 Å². The lowest BCUT2D eigenvalue weighted by Gasteiger charge is -2.39. The zero-order valence-electron chi connectivity index (χ0n) is 22.0. The van der Waals surface area contributed by atoms with Crippen LogP contribution in [0.4, 0.5) is 23.7 Å². The van der Waals surface area contributed by atoms with Gasteiger partial charge in [0.25, 0.3) is 0 Å². The Morgan fingerprint density at radius 2 is 1.88 bits per heavy atom. The second-order valence-corrected chi connectivity index (χ2v) is 10.7. The second-order valence-electron chi connectivity index (χ2n) is 10.2. The van der Waals surface area contributed by atoms with E-state index in [2.05, 4.69) is 15.2 Å². The van der Waals surface area contributed by atoms with Crippen LogP contribution >= 0.6 is 11.6 Å². The molecule has 1 N–H and O–H groups in total. The van der Waals surface area contributed by atoms with Crippen LogP contribution in [0.1, 0.15) is 35.1 Å². The Kier molecular flexibility index (Phi) is 8.05. The fourth-order valence-electron chi connectivity index (χ4n) is 5.48. The Morgan fingerprint density at radius 1 is 1.12 bits per heavy atom. The number of fused-ring (bicyclic) bond motifs is 2. The van der Waals surface area contributed by atoms with Gasteiger partial charge >= 0.3 is 12.2 Å².